The highest BCUT2D eigenvalue weighted by Gasteiger charge is 2.38. The van der Waals surface area contributed by atoms with Gasteiger partial charge in [0.1, 0.15) is 0 Å². The summed E-state index contributed by atoms with van der Waals surface area (Å²) in [5.41, 5.74) is -0.775. The number of nitrogens with one attached hydrogen (secondary N) is 1. The Morgan fingerprint density at radius 2 is 1.70 bits per heavy atom. The van der Waals surface area contributed by atoms with Crippen molar-refractivity contribution in [1.29, 1.82) is 0 Å². The van der Waals surface area contributed by atoms with E-state index in [1.54, 1.807) is 29.2 Å². The van der Waals surface area contributed by atoms with Gasteiger partial charge in [-0.25, -0.2) is 13.1 Å². The molecule has 2 aromatic carbocycles. The molecule has 0 spiro atoms. The Labute approximate surface area is 185 Å². The van der Waals surface area contributed by atoms with Gasteiger partial charge in [-0.15, -0.1) is 0 Å². The number of amides is 1. The highest BCUT2D eigenvalue weighted by Crippen LogP contribution is 2.36. The van der Waals surface area contributed by atoms with Crippen LogP contribution in [-0.2, 0) is 16.2 Å². The maximum atomic E-state index is 13.3. The van der Waals surface area contributed by atoms with Crippen molar-refractivity contribution in [3.63, 3.8) is 0 Å². The van der Waals surface area contributed by atoms with E-state index in [1.807, 2.05) is 0 Å². The summed E-state index contributed by atoms with van der Waals surface area (Å²) in [6.45, 7) is 0.558. The molecule has 3 rings (SSSR count). The molecule has 1 heterocycles. The van der Waals surface area contributed by atoms with E-state index < -0.39 is 32.7 Å². The highest BCUT2D eigenvalue weighted by molar-refractivity contribution is 9.10. The Kier molecular flexibility index (Phi) is 6.81. The van der Waals surface area contributed by atoms with Gasteiger partial charge >= 0.3 is 6.18 Å². The van der Waals surface area contributed by atoms with Gasteiger partial charge in [0.05, 0.1) is 10.5 Å². The number of carbonyl (C=O) groups is 1. The number of hydrogen-bond donors (Lipinski definition) is 1. The normalized spacial score (nSPS) is 16.0. The third kappa shape index (κ3) is 5.35. The molecule has 162 valence electrons. The monoisotopic (exact) mass is 524 g/mol. The first-order valence-electron chi connectivity index (χ1n) is 8.91. The van der Waals surface area contributed by atoms with Gasteiger partial charge in [-0.2, -0.15) is 13.2 Å². The van der Waals surface area contributed by atoms with Crippen LogP contribution in [0.25, 0.3) is 0 Å². The molecule has 0 aromatic heterocycles. The number of halogens is 5. The Hall–Kier alpha value is -1.62. The molecule has 1 amide bonds. The lowest BCUT2D eigenvalue weighted by Crippen LogP contribution is -2.46. The standard InChI is InChI=1S/C19H17BrClF3N2O3S/c20-13-3-6-17(16(11-13)19(22,23)24)30(28,29)25-15-7-9-26(10-8-15)18(27)12-1-4-14(21)5-2-12/h1-6,11,15,25H,7-10H2. The molecule has 0 atom stereocenters. The average molecular weight is 526 g/mol. The van der Waals surface area contributed by atoms with Crippen molar-refractivity contribution < 1.29 is 26.4 Å². The van der Waals surface area contributed by atoms with Gasteiger partial charge in [0, 0.05) is 34.2 Å². The minimum absolute atomic E-state index is 0.128. The number of hydrogen-bond acceptors (Lipinski definition) is 3. The third-order valence-corrected chi connectivity index (χ3v) is 7.06. The summed E-state index contributed by atoms with van der Waals surface area (Å²) in [6, 6.07) is 8.75. The molecule has 1 fully saturated rings. The van der Waals surface area contributed by atoms with E-state index >= 15 is 0 Å². The van der Waals surface area contributed by atoms with Crippen LogP contribution in [0.15, 0.2) is 51.8 Å². The molecule has 0 radical (unpaired) electrons. The minimum atomic E-state index is -4.82. The molecule has 1 aliphatic heterocycles. The summed E-state index contributed by atoms with van der Waals surface area (Å²) < 4.78 is 67.6. The fourth-order valence-electron chi connectivity index (χ4n) is 3.22. The number of likely N-dealkylation sites (tertiary alicyclic amines) is 1. The van der Waals surface area contributed by atoms with Crippen molar-refractivity contribution in [2.24, 2.45) is 0 Å². The summed E-state index contributed by atoms with van der Waals surface area (Å²) in [7, 11) is -4.39. The Morgan fingerprint density at radius 1 is 1.10 bits per heavy atom. The lowest BCUT2D eigenvalue weighted by atomic mass is 10.0. The van der Waals surface area contributed by atoms with Gasteiger partial charge in [0.2, 0.25) is 10.0 Å². The largest absolute Gasteiger partial charge is 0.417 e. The molecule has 0 bridgehead atoms. The summed E-state index contributed by atoms with van der Waals surface area (Å²) in [6.07, 6.45) is -4.24. The average Bonchev–Trinajstić information content (AvgIpc) is 2.67. The maximum absolute atomic E-state index is 13.3. The van der Waals surface area contributed by atoms with Crippen LogP contribution in [0.4, 0.5) is 13.2 Å². The van der Waals surface area contributed by atoms with Crippen molar-refractivity contribution in [3.05, 3.63) is 63.1 Å². The van der Waals surface area contributed by atoms with Gasteiger partial charge in [-0.1, -0.05) is 27.5 Å². The molecule has 0 aliphatic carbocycles. The first-order valence-corrected chi connectivity index (χ1v) is 11.6. The molecule has 0 unspecified atom stereocenters. The number of sulfonamides is 1. The minimum Gasteiger partial charge on any atom is -0.339 e. The van der Waals surface area contributed by atoms with Crippen molar-refractivity contribution in [2.45, 2.75) is 30.0 Å². The molecule has 0 saturated carbocycles. The number of piperidine rings is 1. The van der Waals surface area contributed by atoms with Crippen LogP contribution < -0.4 is 4.72 Å². The van der Waals surface area contributed by atoms with Gasteiger partial charge in [0.25, 0.3) is 5.91 Å². The smallest absolute Gasteiger partial charge is 0.339 e. The zero-order valence-electron chi connectivity index (χ0n) is 15.4. The topological polar surface area (TPSA) is 66.5 Å². The second kappa shape index (κ2) is 8.86. The second-order valence-electron chi connectivity index (χ2n) is 6.83. The predicted molar refractivity (Wildman–Crippen MR) is 110 cm³/mol. The van der Waals surface area contributed by atoms with E-state index in [9.17, 15) is 26.4 Å². The number of nitrogens with zero attached hydrogens (tertiary/aromatic N) is 1. The molecule has 30 heavy (non-hydrogen) atoms. The number of carbonyl (C=O) groups excluding carboxylic acids is 1. The van der Waals surface area contributed by atoms with E-state index in [2.05, 4.69) is 20.7 Å². The zero-order chi connectivity index (χ0) is 22.1. The fraction of sp³-hybridized carbons (Fsp3) is 0.316. The molecule has 1 aliphatic rings. The van der Waals surface area contributed by atoms with Gasteiger partial charge in [-0.3, -0.25) is 4.79 Å². The van der Waals surface area contributed by atoms with E-state index in [0.717, 1.165) is 12.1 Å². The lowest BCUT2D eigenvalue weighted by Gasteiger charge is -2.32. The molecule has 1 N–H and O–H groups in total. The van der Waals surface area contributed by atoms with Gasteiger partial charge < -0.3 is 4.90 Å². The highest BCUT2D eigenvalue weighted by atomic mass is 79.9. The zero-order valence-corrected chi connectivity index (χ0v) is 18.6. The second-order valence-corrected chi connectivity index (χ2v) is 9.87. The third-order valence-electron chi connectivity index (χ3n) is 4.73. The van der Waals surface area contributed by atoms with Crippen LogP contribution in [-0.4, -0.2) is 38.4 Å². The molecular weight excluding hydrogens is 509 g/mol. The first kappa shape index (κ1) is 23.1. The van der Waals surface area contributed by atoms with Crippen molar-refractivity contribution in [2.75, 3.05) is 13.1 Å². The summed E-state index contributed by atoms with van der Waals surface area (Å²) in [4.78, 5) is 13.3. The quantitative estimate of drug-likeness (QED) is 0.629. The molecule has 5 nitrogen and oxygen atoms in total. The van der Waals surface area contributed by atoms with Crippen LogP contribution in [0.1, 0.15) is 28.8 Å². The van der Waals surface area contributed by atoms with Gasteiger partial charge in [0.15, 0.2) is 0 Å². The van der Waals surface area contributed by atoms with E-state index in [-0.39, 0.29) is 36.3 Å². The van der Waals surface area contributed by atoms with Crippen molar-refractivity contribution in [3.8, 4) is 0 Å². The predicted octanol–water partition coefficient (Wildman–Crippen LogP) is 4.70. The Bertz CT molecular complexity index is 1040. The van der Waals surface area contributed by atoms with Crippen LogP contribution in [0, 0.1) is 0 Å². The van der Waals surface area contributed by atoms with Crippen LogP contribution >= 0.6 is 27.5 Å². The SMILES string of the molecule is O=C(c1ccc(Cl)cc1)N1CCC(NS(=O)(=O)c2ccc(Br)cc2C(F)(F)F)CC1. The van der Waals surface area contributed by atoms with E-state index in [4.69, 9.17) is 11.6 Å². The van der Waals surface area contributed by atoms with Crippen molar-refractivity contribution >= 4 is 43.5 Å². The van der Waals surface area contributed by atoms with Crippen LogP contribution in [0.5, 0.6) is 0 Å². The van der Waals surface area contributed by atoms with Crippen LogP contribution in [0.3, 0.4) is 0 Å². The molecular formula is C19H17BrClF3N2O3S. The molecule has 2 aromatic rings. The Balaban J connectivity index is 1.69. The number of benzene rings is 2. The molecule has 11 heteroatoms. The summed E-state index contributed by atoms with van der Waals surface area (Å²) in [5, 5.41) is 0.505. The number of alkyl halides is 3. The first-order chi connectivity index (χ1) is 14.0. The van der Waals surface area contributed by atoms with E-state index in [0.29, 0.717) is 10.6 Å². The summed E-state index contributed by atoms with van der Waals surface area (Å²) >= 11 is 8.76. The lowest BCUT2D eigenvalue weighted by molar-refractivity contribution is -0.139. The summed E-state index contributed by atoms with van der Waals surface area (Å²) in [5.74, 6) is -0.208. The number of rotatable bonds is 4. The van der Waals surface area contributed by atoms with E-state index in [1.165, 1.54) is 6.07 Å². The maximum Gasteiger partial charge on any atom is 0.417 e. The Morgan fingerprint density at radius 3 is 2.27 bits per heavy atom. The van der Waals surface area contributed by atoms with Crippen LogP contribution in [0.2, 0.25) is 5.02 Å². The fourth-order valence-corrected chi connectivity index (χ4v) is 5.22. The molecule has 1 saturated heterocycles. The van der Waals surface area contributed by atoms with Crippen molar-refractivity contribution in [1.82, 2.24) is 9.62 Å². The van der Waals surface area contributed by atoms with Gasteiger partial charge in [-0.05, 0) is 55.3 Å².